The Balaban J connectivity index is 1.87. The van der Waals surface area contributed by atoms with E-state index in [1.807, 2.05) is 0 Å². The van der Waals surface area contributed by atoms with Crippen LogP contribution < -0.4 is 5.73 Å². The number of nitrogens with zero attached hydrogens (tertiary/aromatic N) is 1. The fourth-order valence-corrected chi connectivity index (χ4v) is 2.17. The van der Waals surface area contributed by atoms with E-state index in [1.165, 1.54) is 0 Å². The van der Waals surface area contributed by atoms with Crippen LogP contribution in [0.1, 0.15) is 19.3 Å². The minimum Gasteiger partial charge on any atom is -0.376 e. The van der Waals surface area contributed by atoms with E-state index in [2.05, 4.69) is 0 Å². The molecule has 0 aromatic rings. The lowest BCUT2D eigenvalue weighted by Gasteiger charge is -2.19. The first-order chi connectivity index (χ1) is 7.16. The van der Waals surface area contributed by atoms with Gasteiger partial charge in [-0.1, -0.05) is 0 Å². The van der Waals surface area contributed by atoms with Gasteiger partial charge in [-0.3, -0.25) is 9.59 Å². The number of primary amides is 1. The number of hydrogen-bond donors (Lipinski definition) is 1. The second-order valence-electron chi connectivity index (χ2n) is 4.24. The minimum atomic E-state index is -0.377. The van der Waals surface area contributed by atoms with Crippen molar-refractivity contribution < 1.29 is 14.3 Å². The van der Waals surface area contributed by atoms with Gasteiger partial charge in [-0.2, -0.15) is 0 Å². The highest BCUT2D eigenvalue weighted by atomic mass is 16.5. The summed E-state index contributed by atoms with van der Waals surface area (Å²) in [4.78, 5) is 24.2. The highest BCUT2D eigenvalue weighted by Gasteiger charge is 2.34. The summed E-state index contributed by atoms with van der Waals surface area (Å²) in [6.45, 7) is 1.86. The summed E-state index contributed by atoms with van der Waals surface area (Å²) in [5.41, 5.74) is 5.18. The smallest absolute Gasteiger partial charge is 0.223 e. The number of likely N-dealkylation sites (tertiary alicyclic amines) is 1. The van der Waals surface area contributed by atoms with E-state index in [0.29, 0.717) is 13.1 Å². The molecule has 0 aromatic carbocycles. The molecule has 2 saturated heterocycles. The normalized spacial score (nSPS) is 31.2. The van der Waals surface area contributed by atoms with E-state index in [9.17, 15) is 9.59 Å². The number of ether oxygens (including phenoxy) is 1. The molecule has 2 rings (SSSR count). The SMILES string of the molecule is NC(=O)C1CC(=O)N(CC2CCCO2)C1. The van der Waals surface area contributed by atoms with E-state index in [-0.39, 0.29) is 30.3 Å². The molecule has 0 saturated carbocycles. The molecule has 0 aromatic heterocycles. The van der Waals surface area contributed by atoms with Crippen molar-refractivity contribution in [1.82, 2.24) is 4.90 Å². The third-order valence-electron chi connectivity index (χ3n) is 3.06. The summed E-state index contributed by atoms with van der Waals surface area (Å²) in [6, 6.07) is 0. The summed E-state index contributed by atoms with van der Waals surface area (Å²) in [5.74, 6) is -0.661. The fraction of sp³-hybridized carbons (Fsp3) is 0.800. The molecule has 0 bridgehead atoms. The van der Waals surface area contributed by atoms with Gasteiger partial charge in [0.15, 0.2) is 0 Å². The molecule has 0 aliphatic carbocycles. The highest BCUT2D eigenvalue weighted by molar-refractivity contribution is 5.88. The number of amides is 2. The first-order valence-corrected chi connectivity index (χ1v) is 5.35. The summed E-state index contributed by atoms with van der Waals surface area (Å²) in [5, 5.41) is 0. The van der Waals surface area contributed by atoms with Gasteiger partial charge in [0.25, 0.3) is 0 Å². The van der Waals surface area contributed by atoms with Crippen LogP contribution in [0.3, 0.4) is 0 Å². The standard InChI is InChI=1S/C10H16N2O3/c11-10(14)7-4-9(13)12(5-7)6-8-2-1-3-15-8/h7-8H,1-6H2,(H2,11,14). The molecule has 2 N–H and O–H groups in total. The van der Waals surface area contributed by atoms with E-state index >= 15 is 0 Å². The maximum atomic E-state index is 11.5. The Morgan fingerprint density at radius 1 is 1.60 bits per heavy atom. The largest absolute Gasteiger partial charge is 0.376 e. The Morgan fingerprint density at radius 3 is 2.93 bits per heavy atom. The number of nitrogens with two attached hydrogens (primary N) is 1. The van der Waals surface area contributed by atoms with E-state index in [1.54, 1.807) is 4.90 Å². The maximum absolute atomic E-state index is 11.5. The van der Waals surface area contributed by atoms with Gasteiger partial charge in [0.1, 0.15) is 0 Å². The second kappa shape index (κ2) is 4.18. The molecular weight excluding hydrogens is 196 g/mol. The molecule has 2 aliphatic heterocycles. The number of hydrogen-bond acceptors (Lipinski definition) is 3. The molecule has 2 heterocycles. The van der Waals surface area contributed by atoms with Crippen molar-refractivity contribution in [2.45, 2.75) is 25.4 Å². The third kappa shape index (κ3) is 2.28. The molecule has 2 fully saturated rings. The molecule has 15 heavy (non-hydrogen) atoms. The van der Waals surface area contributed by atoms with Gasteiger partial charge >= 0.3 is 0 Å². The van der Waals surface area contributed by atoms with Crippen LogP contribution in [-0.4, -0.2) is 42.5 Å². The molecule has 2 amide bonds. The Kier molecular flexibility index (Phi) is 2.90. The molecule has 5 heteroatoms. The Hall–Kier alpha value is -1.10. The van der Waals surface area contributed by atoms with Gasteiger partial charge in [0.2, 0.25) is 11.8 Å². The van der Waals surface area contributed by atoms with Crippen LogP contribution in [0.15, 0.2) is 0 Å². The van der Waals surface area contributed by atoms with Crippen molar-refractivity contribution >= 4 is 11.8 Å². The number of rotatable bonds is 3. The van der Waals surface area contributed by atoms with Gasteiger partial charge in [-0.15, -0.1) is 0 Å². The Bertz CT molecular complexity index is 274. The molecule has 2 atom stereocenters. The van der Waals surface area contributed by atoms with Gasteiger partial charge in [0, 0.05) is 26.1 Å². The predicted molar refractivity (Wildman–Crippen MR) is 52.9 cm³/mol. The van der Waals surface area contributed by atoms with Crippen molar-refractivity contribution in [3.63, 3.8) is 0 Å². The molecule has 2 unspecified atom stereocenters. The summed E-state index contributed by atoms with van der Waals surface area (Å²) in [6.07, 6.45) is 2.49. The van der Waals surface area contributed by atoms with Crippen molar-refractivity contribution in [1.29, 1.82) is 0 Å². The lowest BCUT2D eigenvalue weighted by atomic mass is 10.1. The molecule has 5 nitrogen and oxygen atoms in total. The lowest BCUT2D eigenvalue weighted by molar-refractivity contribution is -0.129. The molecule has 0 radical (unpaired) electrons. The minimum absolute atomic E-state index is 0.0225. The summed E-state index contributed by atoms with van der Waals surface area (Å²) in [7, 11) is 0. The van der Waals surface area contributed by atoms with Crippen molar-refractivity contribution in [3.8, 4) is 0 Å². The summed E-state index contributed by atoms with van der Waals surface area (Å²) < 4.78 is 5.45. The summed E-state index contributed by atoms with van der Waals surface area (Å²) >= 11 is 0. The molecule has 0 spiro atoms. The van der Waals surface area contributed by atoms with Crippen LogP contribution in [-0.2, 0) is 14.3 Å². The quantitative estimate of drug-likeness (QED) is 0.685. The molecule has 84 valence electrons. The van der Waals surface area contributed by atoms with Gasteiger partial charge in [-0.05, 0) is 12.8 Å². The van der Waals surface area contributed by atoms with Crippen molar-refractivity contribution in [2.24, 2.45) is 11.7 Å². The van der Waals surface area contributed by atoms with Crippen LogP contribution >= 0.6 is 0 Å². The first-order valence-electron chi connectivity index (χ1n) is 5.35. The molecule has 2 aliphatic rings. The van der Waals surface area contributed by atoms with Gasteiger partial charge < -0.3 is 15.4 Å². The number of carbonyl (C=O) groups excluding carboxylic acids is 2. The zero-order chi connectivity index (χ0) is 10.8. The first kappa shape index (κ1) is 10.4. The monoisotopic (exact) mass is 212 g/mol. The van der Waals surface area contributed by atoms with E-state index in [4.69, 9.17) is 10.5 Å². The van der Waals surface area contributed by atoms with Gasteiger partial charge in [-0.25, -0.2) is 0 Å². The van der Waals surface area contributed by atoms with Crippen LogP contribution in [0, 0.1) is 5.92 Å². The second-order valence-corrected chi connectivity index (χ2v) is 4.24. The van der Waals surface area contributed by atoms with Crippen LogP contribution in [0.2, 0.25) is 0 Å². The van der Waals surface area contributed by atoms with Crippen LogP contribution in [0.25, 0.3) is 0 Å². The highest BCUT2D eigenvalue weighted by Crippen LogP contribution is 2.20. The predicted octanol–water partition coefficient (Wildman–Crippen LogP) is -0.501. The fourth-order valence-electron chi connectivity index (χ4n) is 2.17. The third-order valence-corrected chi connectivity index (χ3v) is 3.06. The molecular formula is C10H16N2O3. The zero-order valence-electron chi connectivity index (χ0n) is 8.65. The van der Waals surface area contributed by atoms with E-state index < -0.39 is 0 Å². The Labute approximate surface area is 88.5 Å². The number of carbonyl (C=O) groups is 2. The lowest BCUT2D eigenvalue weighted by Crippen LogP contribution is -2.34. The maximum Gasteiger partial charge on any atom is 0.223 e. The topological polar surface area (TPSA) is 72.6 Å². The van der Waals surface area contributed by atoms with Crippen molar-refractivity contribution in [2.75, 3.05) is 19.7 Å². The average molecular weight is 212 g/mol. The van der Waals surface area contributed by atoms with Crippen LogP contribution in [0.5, 0.6) is 0 Å². The van der Waals surface area contributed by atoms with E-state index in [0.717, 1.165) is 19.4 Å². The van der Waals surface area contributed by atoms with Gasteiger partial charge in [0.05, 0.1) is 12.0 Å². The Morgan fingerprint density at radius 2 is 2.40 bits per heavy atom. The average Bonchev–Trinajstić information content (AvgIpc) is 2.77. The van der Waals surface area contributed by atoms with Crippen LogP contribution in [0.4, 0.5) is 0 Å². The zero-order valence-corrected chi connectivity index (χ0v) is 8.65. The van der Waals surface area contributed by atoms with Crippen molar-refractivity contribution in [3.05, 3.63) is 0 Å².